The zero-order valence-corrected chi connectivity index (χ0v) is 21.5. The maximum Gasteiger partial charge on any atom is 0.322 e. The first kappa shape index (κ1) is 25.0. The fourth-order valence-electron chi connectivity index (χ4n) is 6.67. The van der Waals surface area contributed by atoms with Crippen molar-refractivity contribution in [3.8, 4) is 11.5 Å². The first-order chi connectivity index (χ1) is 18.5. The van der Waals surface area contributed by atoms with E-state index < -0.39 is 11.6 Å². The third kappa shape index (κ3) is 5.06. The molecular formula is C30H34F2N4O2. The predicted molar refractivity (Wildman–Crippen MR) is 142 cm³/mol. The van der Waals surface area contributed by atoms with E-state index in [0.29, 0.717) is 18.4 Å². The van der Waals surface area contributed by atoms with Gasteiger partial charge in [0.15, 0.2) is 11.6 Å². The number of hydrogen-bond donors (Lipinski definition) is 1. The average molecular weight is 521 g/mol. The molecule has 2 aliphatic carbocycles. The summed E-state index contributed by atoms with van der Waals surface area (Å²) in [5, 5.41) is 2.83. The molecule has 8 heteroatoms. The number of urea groups is 1. The van der Waals surface area contributed by atoms with Gasteiger partial charge in [-0.3, -0.25) is 0 Å². The summed E-state index contributed by atoms with van der Waals surface area (Å²) in [6, 6.07) is 11.9. The highest BCUT2D eigenvalue weighted by molar-refractivity contribution is 5.89. The van der Waals surface area contributed by atoms with Crippen molar-refractivity contribution in [2.75, 3.05) is 31.5 Å². The van der Waals surface area contributed by atoms with Gasteiger partial charge in [0.05, 0.1) is 6.20 Å². The molecule has 1 unspecified atom stereocenters. The fourth-order valence-corrected chi connectivity index (χ4v) is 6.67. The number of amides is 2. The molecule has 2 aromatic carbocycles. The van der Waals surface area contributed by atoms with E-state index in [4.69, 9.17) is 4.42 Å². The van der Waals surface area contributed by atoms with Crippen molar-refractivity contribution in [1.29, 1.82) is 0 Å². The van der Waals surface area contributed by atoms with Gasteiger partial charge in [-0.05, 0) is 106 Å². The lowest BCUT2D eigenvalue weighted by molar-refractivity contribution is 0.156. The van der Waals surface area contributed by atoms with Crippen LogP contribution in [-0.2, 0) is 5.41 Å². The van der Waals surface area contributed by atoms with Crippen LogP contribution in [0.4, 0.5) is 19.3 Å². The summed E-state index contributed by atoms with van der Waals surface area (Å²) in [7, 11) is 0. The second-order valence-electron chi connectivity index (χ2n) is 11.1. The Balaban J connectivity index is 1.15. The molecule has 1 saturated heterocycles. The molecule has 1 aromatic heterocycles. The predicted octanol–water partition coefficient (Wildman–Crippen LogP) is 6.45. The van der Waals surface area contributed by atoms with Gasteiger partial charge >= 0.3 is 6.03 Å². The topological polar surface area (TPSA) is 61.6 Å². The Morgan fingerprint density at radius 3 is 2.79 bits per heavy atom. The Morgan fingerprint density at radius 2 is 2.03 bits per heavy atom. The highest BCUT2D eigenvalue weighted by Crippen LogP contribution is 2.63. The number of carbonyl (C=O) groups excluding carboxylic acids is 1. The van der Waals surface area contributed by atoms with Gasteiger partial charge in [0.2, 0.25) is 5.89 Å². The summed E-state index contributed by atoms with van der Waals surface area (Å²) in [5.74, 6) is -0.740. The molecule has 38 heavy (non-hydrogen) atoms. The number of fused-ring (bicyclic) bond motifs is 1. The Labute approximate surface area is 222 Å². The molecule has 3 aliphatic rings. The molecular weight excluding hydrogens is 486 g/mol. The van der Waals surface area contributed by atoms with Crippen molar-refractivity contribution in [2.24, 2.45) is 5.92 Å². The van der Waals surface area contributed by atoms with E-state index in [1.165, 1.54) is 24.5 Å². The number of aromatic nitrogens is 1. The first-order valence-electron chi connectivity index (χ1n) is 13.8. The largest absolute Gasteiger partial charge is 0.445 e. The van der Waals surface area contributed by atoms with Crippen molar-refractivity contribution in [3.05, 3.63) is 72.1 Å². The standard InChI is InChI=1S/C30H34F2N4O2/c31-26-8-7-24(19-27(26)32)34-29(37)36(15-4-14-35-12-1-2-13-35)25-9-10-30(20-23(30)18-25)22-6-3-5-21(17-22)28-33-11-16-38-28/h3,5-8,11,16-17,19,23,25H,1-2,4,9-10,12-15,18,20H2,(H,34,37)/t23?,25-,30+/m1/s1. The van der Waals surface area contributed by atoms with Gasteiger partial charge in [0.25, 0.3) is 0 Å². The van der Waals surface area contributed by atoms with Crippen molar-refractivity contribution >= 4 is 11.7 Å². The monoisotopic (exact) mass is 520 g/mol. The summed E-state index contributed by atoms with van der Waals surface area (Å²) in [4.78, 5) is 22.2. The molecule has 6 nitrogen and oxygen atoms in total. The van der Waals surface area contributed by atoms with Crippen molar-refractivity contribution < 1.29 is 18.0 Å². The number of anilines is 1. The molecule has 0 radical (unpaired) electrons. The van der Waals surface area contributed by atoms with Crippen molar-refractivity contribution in [3.63, 3.8) is 0 Å². The van der Waals surface area contributed by atoms with E-state index in [1.54, 1.807) is 12.5 Å². The summed E-state index contributed by atoms with van der Waals surface area (Å²) < 4.78 is 32.7. The minimum Gasteiger partial charge on any atom is -0.445 e. The summed E-state index contributed by atoms with van der Waals surface area (Å²) in [6.45, 7) is 3.88. The first-order valence-corrected chi connectivity index (χ1v) is 13.8. The van der Waals surface area contributed by atoms with Crippen LogP contribution in [0.25, 0.3) is 11.5 Å². The SMILES string of the molecule is O=C(Nc1ccc(F)c(F)c1)N(CCCN1CCCC1)[C@@H]1CC[C@@]2(c3cccc(-c4ncco4)c3)CC2C1. The molecule has 0 bridgehead atoms. The lowest BCUT2D eigenvalue weighted by atomic mass is 9.80. The molecule has 1 aliphatic heterocycles. The molecule has 3 atom stereocenters. The molecule has 6 rings (SSSR count). The smallest absolute Gasteiger partial charge is 0.322 e. The van der Waals surface area contributed by atoms with Crippen LogP contribution in [0.2, 0.25) is 0 Å². The van der Waals surface area contributed by atoms with E-state index in [1.807, 2.05) is 11.0 Å². The zero-order chi connectivity index (χ0) is 26.1. The summed E-state index contributed by atoms with van der Waals surface area (Å²) in [6.07, 6.45) is 10.6. The van der Waals surface area contributed by atoms with E-state index in [9.17, 15) is 13.6 Å². The molecule has 3 aromatic rings. The summed E-state index contributed by atoms with van der Waals surface area (Å²) >= 11 is 0. The molecule has 200 valence electrons. The van der Waals surface area contributed by atoms with Crippen LogP contribution in [0, 0.1) is 17.6 Å². The number of oxazole rings is 1. The van der Waals surface area contributed by atoms with Crippen LogP contribution in [0.3, 0.4) is 0 Å². The lowest BCUT2D eigenvalue weighted by Crippen LogP contribution is -2.46. The Morgan fingerprint density at radius 1 is 1.16 bits per heavy atom. The molecule has 2 amide bonds. The molecule has 3 fully saturated rings. The minimum atomic E-state index is -0.962. The lowest BCUT2D eigenvalue weighted by Gasteiger charge is -2.37. The van der Waals surface area contributed by atoms with Crippen LogP contribution >= 0.6 is 0 Å². The van der Waals surface area contributed by atoms with E-state index in [2.05, 4.69) is 33.4 Å². The highest BCUT2D eigenvalue weighted by atomic mass is 19.2. The van der Waals surface area contributed by atoms with Gasteiger partial charge in [-0.25, -0.2) is 18.6 Å². The van der Waals surface area contributed by atoms with E-state index in [0.717, 1.165) is 69.4 Å². The average Bonchev–Trinajstić information content (AvgIpc) is 3.26. The Bertz CT molecular complexity index is 1280. The maximum absolute atomic E-state index is 13.8. The molecule has 0 spiro atoms. The van der Waals surface area contributed by atoms with Crippen molar-refractivity contribution in [2.45, 2.75) is 56.4 Å². The second-order valence-corrected chi connectivity index (χ2v) is 11.1. The number of halogens is 2. The van der Waals surface area contributed by atoms with E-state index in [-0.39, 0.29) is 23.2 Å². The van der Waals surface area contributed by atoms with Crippen molar-refractivity contribution in [1.82, 2.24) is 14.8 Å². The number of carbonyl (C=O) groups is 1. The quantitative estimate of drug-likeness (QED) is 0.371. The van der Waals surface area contributed by atoms with Crippen LogP contribution in [0.15, 0.2) is 59.3 Å². The number of hydrogen-bond acceptors (Lipinski definition) is 4. The molecule has 1 N–H and O–H groups in total. The van der Waals surface area contributed by atoms with Gasteiger partial charge in [-0.1, -0.05) is 12.1 Å². The fraction of sp³-hybridized carbons (Fsp3) is 0.467. The second kappa shape index (κ2) is 10.5. The van der Waals surface area contributed by atoms with Gasteiger partial charge in [-0.15, -0.1) is 0 Å². The number of nitrogens with zero attached hydrogens (tertiary/aromatic N) is 3. The van der Waals surface area contributed by atoms with Crippen LogP contribution in [-0.4, -0.2) is 53.0 Å². The third-order valence-electron chi connectivity index (χ3n) is 8.77. The van der Waals surface area contributed by atoms with Crippen LogP contribution in [0.5, 0.6) is 0 Å². The van der Waals surface area contributed by atoms with E-state index >= 15 is 0 Å². The minimum absolute atomic E-state index is 0.120. The van der Waals surface area contributed by atoms with Gasteiger partial charge in [0, 0.05) is 29.9 Å². The normalized spacial score (nSPS) is 24.7. The highest BCUT2D eigenvalue weighted by Gasteiger charge is 2.58. The molecule has 2 heterocycles. The Hall–Kier alpha value is -3.26. The number of nitrogens with one attached hydrogen (secondary N) is 1. The number of rotatable bonds is 8. The van der Waals surface area contributed by atoms with Gasteiger partial charge in [-0.2, -0.15) is 0 Å². The number of likely N-dealkylation sites (tertiary alicyclic amines) is 1. The molecule has 2 saturated carbocycles. The third-order valence-corrected chi connectivity index (χ3v) is 8.77. The number of benzene rings is 2. The Kier molecular flexibility index (Phi) is 6.91. The van der Waals surface area contributed by atoms with Crippen LogP contribution < -0.4 is 5.32 Å². The summed E-state index contributed by atoms with van der Waals surface area (Å²) in [5.41, 5.74) is 2.74. The zero-order valence-electron chi connectivity index (χ0n) is 21.5. The van der Waals surface area contributed by atoms with Gasteiger partial charge < -0.3 is 19.5 Å². The van der Waals surface area contributed by atoms with Gasteiger partial charge in [0.1, 0.15) is 6.26 Å². The maximum atomic E-state index is 13.8. The van der Waals surface area contributed by atoms with Crippen LogP contribution in [0.1, 0.15) is 50.5 Å².